The van der Waals surface area contributed by atoms with Gasteiger partial charge < -0.3 is 10.6 Å². The number of nitrogens with two attached hydrogens (primary N) is 1. The molecule has 1 aliphatic rings. The Hall–Kier alpha value is -1.65. The van der Waals surface area contributed by atoms with Crippen LogP contribution in [0.2, 0.25) is 0 Å². The molecule has 0 aliphatic carbocycles. The average Bonchev–Trinajstić information content (AvgIpc) is 2.28. The Morgan fingerprint density at radius 1 is 1.53 bits per heavy atom. The molecule has 1 aromatic heterocycles. The molecule has 1 aromatic rings. The molecule has 5 heteroatoms. The monoisotopic (exact) mass is 234 g/mol. The summed E-state index contributed by atoms with van der Waals surface area (Å²) in [7, 11) is 0. The first-order valence-corrected chi connectivity index (χ1v) is 5.94. The Morgan fingerprint density at radius 3 is 3.00 bits per heavy atom. The topological polar surface area (TPSA) is 72.1 Å². The van der Waals surface area contributed by atoms with Gasteiger partial charge in [-0.15, -0.1) is 0 Å². The molecule has 0 atom stereocenters. The van der Waals surface area contributed by atoms with Crippen molar-refractivity contribution in [3.63, 3.8) is 0 Å². The summed E-state index contributed by atoms with van der Waals surface area (Å²) in [6.45, 7) is 5.38. The summed E-state index contributed by atoms with van der Waals surface area (Å²) in [4.78, 5) is 22.0. The van der Waals surface area contributed by atoms with Gasteiger partial charge in [0.05, 0.1) is 12.2 Å². The van der Waals surface area contributed by atoms with Crippen LogP contribution < -0.4 is 5.73 Å². The Bertz CT molecular complexity index is 431. The molecule has 0 bridgehead atoms. The molecule has 1 aliphatic heterocycles. The van der Waals surface area contributed by atoms with Crippen LogP contribution in [0.15, 0.2) is 6.33 Å². The maximum atomic E-state index is 12.0. The Morgan fingerprint density at radius 2 is 2.29 bits per heavy atom. The van der Waals surface area contributed by atoms with E-state index in [1.165, 1.54) is 6.33 Å². The zero-order chi connectivity index (χ0) is 12.4. The fourth-order valence-corrected chi connectivity index (χ4v) is 2.07. The summed E-state index contributed by atoms with van der Waals surface area (Å²) in [6, 6.07) is 0. The van der Waals surface area contributed by atoms with Crippen LogP contribution in [-0.4, -0.2) is 27.3 Å². The fraction of sp³-hybridized carbons (Fsp3) is 0.583. The third kappa shape index (κ3) is 2.54. The number of nitrogens with zero attached hydrogens (tertiary/aromatic N) is 3. The molecule has 0 aromatic carbocycles. The molecule has 2 N–H and O–H groups in total. The SMILES string of the molecule is CC(C)CC(=O)N1CCc2c(N)ncnc2C1. The van der Waals surface area contributed by atoms with Crippen LogP contribution in [0, 0.1) is 5.92 Å². The van der Waals surface area contributed by atoms with E-state index >= 15 is 0 Å². The largest absolute Gasteiger partial charge is 0.383 e. The highest BCUT2D eigenvalue weighted by Crippen LogP contribution is 2.21. The quantitative estimate of drug-likeness (QED) is 0.828. The summed E-state index contributed by atoms with van der Waals surface area (Å²) in [5.74, 6) is 1.13. The number of rotatable bonds is 2. The summed E-state index contributed by atoms with van der Waals surface area (Å²) in [5, 5.41) is 0. The molecule has 2 heterocycles. The molecule has 0 spiro atoms. The molecular formula is C12H18N4O. The lowest BCUT2D eigenvalue weighted by atomic mass is 10.0. The third-order valence-corrected chi connectivity index (χ3v) is 2.98. The van der Waals surface area contributed by atoms with E-state index in [1.54, 1.807) is 0 Å². The van der Waals surface area contributed by atoms with Crippen LogP contribution in [0.5, 0.6) is 0 Å². The molecule has 0 saturated heterocycles. The lowest BCUT2D eigenvalue weighted by Crippen LogP contribution is -2.37. The summed E-state index contributed by atoms with van der Waals surface area (Å²) in [5.41, 5.74) is 7.68. The predicted molar refractivity (Wildman–Crippen MR) is 65.0 cm³/mol. The number of hydrogen-bond donors (Lipinski definition) is 1. The molecule has 0 unspecified atom stereocenters. The van der Waals surface area contributed by atoms with Crippen LogP contribution in [0.25, 0.3) is 0 Å². The smallest absolute Gasteiger partial charge is 0.223 e. The number of aromatic nitrogens is 2. The van der Waals surface area contributed by atoms with E-state index in [9.17, 15) is 4.79 Å². The van der Waals surface area contributed by atoms with E-state index in [2.05, 4.69) is 23.8 Å². The van der Waals surface area contributed by atoms with Crippen molar-refractivity contribution in [3.05, 3.63) is 17.6 Å². The first-order valence-electron chi connectivity index (χ1n) is 5.94. The van der Waals surface area contributed by atoms with E-state index in [4.69, 9.17) is 5.73 Å². The molecule has 0 saturated carbocycles. The molecular weight excluding hydrogens is 216 g/mol. The zero-order valence-corrected chi connectivity index (χ0v) is 10.3. The average molecular weight is 234 g/mol. The molecule has 92 valence electrons. The van der Waals surface area contributed by atoms with Gasteiger partial charge in [0, 0.05) is 18.5 Å². The van der Waals surface area contributed by atoms with Crippen molar-refractivity contribution in [1.82, 2.24) is 14.9 Å². The third-order valence-electron chi connectivity index (χ3n) is 2.98. The van der Waals surface area contributed by atoms with E-state index in [-0.39, 0.29) is 5.91 Å². The first-order chi connectivity index (χ1) is 8.08. The summed E-state index contributed by atoms with van der Waals surface area (Å²) >= 11 is 0. The number of fused-ring (bicyclic) bond motifs is 1. The summed E-state index contributed by atoms with van der Waals surface area (Å²) in [6.07, 6.45) is 2.81. The minimum absolute atomic E-state index is 0.197. The standard InChI is InChI=1S/C12H18N4O/c1-8(2)5-11(17)16-4-3-9-10(6-16)14-7-15-12(9)13/h7-8H,3-6H2,1-2H3,(H2,13,14,15). The fourth-order valence-electron chi connectivity index (χ4n) is 2.07. The lowest BCUT2D eigenvalue weighted by Gasteiger charge is -2.28. The van der Waals surface area contributed by atoms with Gasteiger partial charge >= 0.3 is 0 Å². The second kappa shape index (κ2) is 4.69. The summed E-state index contributed by atoms with van der Waals surface area (Å²) < 4.78 is 0. The molecule has 2 rings (SSSR count). The highest BCUT2D eigenvalue weighted by molar-refractivity contribution is 5.76. The van der Waals surface area contributed by atoms with Crippen molar-refractivity contribution < 1.29 is 4.79 Å². The van der Waals surface area contributed by atoms with Crippen LogP contribution in [0.1, 0.15) is 31.5 Å². The number of amides is 1. The Kier molecular flexibility index (Phi) is 3.26. The van der Waals surface area contributed by atoms with Gasteiger partial charge in [-0.2, -0.15) is 0 Å². The molecule has 17 heavy (non-hydrogen) atoms. The van der Waals surface area contributed by atoms with Crippen molar-refractivity contribution in [2.45, 2.75) is 33.2 Å². The predicted octanol–water partition coefficient (Wildman–Crippen LogP) is 0.990. The number of carbonyl (C=O) groups is 1. The molecule has 0 radical (unpaired) electrons. The number of carbonyl (C=O) groups excluding carboxylic acids is 1. The highest BCUT2D eigenvalue weighted by atomic mass is 16.2. The van der Waals surface area contributed by atoms with Crippen LogP contribution in [0.4, 0.5) is 5.82 Å². The highest BCUT2D eigenvalue weighted by Gasteiger charge is 2.23. The van der Waals surface area contributed by atoms with Gasteiger partial charge in [0.1, 0.15) is 12.1 Å². The van der Waals surface area contributed by atoms with Crippen LogP contribution in [0.3, 0.4) is 0 Å². The van der Waals surface area contributed by atoms with Gasteiger partial charge in [0.2, 0.25) is 5.91 Å². The van der Waals surface area contributed by atoms with Gasteiger partial charge in [-0.25, -0.2) is 9.97 Å². The maximum Gasteiger partial charge on any atom is 0.223 e. The van der Waals surface area contributed by atoms with Gasteiger partial charge in [0.15, 0.2) is 0 Å². The first kappa shape index (κ1) is 11.8. The van der Waals surface area contributed by atoms with Crippen molar-refractivity contribution in [1.29, 1.82) is 0 Å². The van der Waals surface area contributed by atoms with E-state index in [0.717, 1.165) is 24.2 Å². The van der Waals surface area contributed by atoms with Crippen LogP contribution >= 0.6 is 0 Å². The van der Waals surface area contributed by atoms with Gasteiger partial charge in [-0.1, -0.05) is 13.8 Å². The second-order valence-corrected chi connectivity index (χ2v) is 4.85. The number of hydrogen-bond acceptors (Lipinski definition) is 4. The van der Waals surface area contributed by atoms with Gasteiger partial charge in [-0.05, 0) is 12.3 Å². The van der Waals surface area contributed by atoms with E-state index in [1.807, 2.05) is 4.90 Å². The lowest BCUT2D eigenvalue weighted by molar-refractivity contribution is -0.132. The normalized spacial score (nSPS) is 14.9. The van der Waals surface area contributed by atoms with Crippen molar-refractivity contribution in [2.75, 3.05) is 12.3 Å². The molecule has 1 amide bonds. The second-order valence-electron chi connectivity index (χ2n) is 4.85. The minimum atomic E-state index is 0.197. The number of anilines is 1. The maximum absolute atomic E-state index is 12.0. The number of nitrogen functional groups attached to an aromatic ring is 1. The van der Waals surface area contributed by atoms with Crippen molar-refractivity contribution in [3.8, 4) is 0 Å². The van der Waals surface area contributed by atoms with Crippen molar-refractivity contribution >= 4 is 11.7 Å². The van der Waals surface area contributed by atoms with E-state index in [0.29, 0.717) is 24.7 Å². The van der Waals surface area contributed by atoms with Gasteiger partial charge in [0.25, 0.3) is 0 Å². The van der Waals surface area contributed by atoms with Gasteiger partial charge in [-0.3, -0.25) is 4.79 Å². The zero-order valence-electron chi connectivity index (χ0n) is 10.3. The molecule has 5 nitrogen and oxygen atoms in total. The Labute approximate surface area is 101 Å². The minimum Gasteiger partial charge on any atom is -0.383 e. The molecule has 0 fully saturated rings. The van der Waals surface area contributed by atoms with Crippen molar-refractivity contribution in [2.24, 2.45) is 5.92 Å². The van der Waals surface area contributed by atoms with E-state index < -0.39 is 0 Å². The Balaban J connectivity index is 2.11. The van der Waals surface area contributed by atoms with Crippen LogP contribution in [-0.2, 0) is 17.8 Å².